The molecule has 76 valence electrons. The van der Waals surface area contributed by atoms with E-state index in [4.69, 9.17) is 16.7 Å². The summed E-state index contributed by atoms with van der Waals surface area (Å²) in [5.41, 5.74) is 0. The van der Waals surface area contributed by atoms with Gasteiger partial charge in [-0.15, -0.1) is 0 Å². The summed E-state index contributed by atoms with van der Waals surface area (Å²) in [7, 11) is 0. The van der Waals surface area contributed by atoms with Gasteiger partial charge in [0.1, 0.15) is 0 Å². The van der Waals surface area contributed by atoms with Gasteiger partial charge in [-0.25, -0.2) is 13.6 Å². The monoisotopic (exact) mass is 222 g/mol. The zero-order valence-electron chi connectivity index (χ0n) is 6.76. The van der Waals surface area contributed by atoms with E-state index in [9.17, 15) is 13.6 Å². The van der Waals surface area contributed by atoms with E-state index in [2.05, 4.69) is 4.74 Å². The summed E-state index contributed by atoms with van der Waals surface area (Å²) in [6, 6.07) is 1.91. The van der Waals surface area contributed by atoms with Crippen molar-refractivity contribution in [3.8, 4) is 5.75 Å². The topological polar surface area (TPSA) is 46.5 Å². The fourth-order valence-electron chi connectivity index (χ4n) is 0.775. The number of hydrogen-bond acceptors (Lipinski definition) is 2. The van der Waals surface area contributed by atoms with E-state index in [1.165, 1.54) is 0 Å². The van der Waals surface area contributed by atoms with Gasteiger partial charge in [-0.1, -0.05) is 11.6 Å². The van der Waals surface area contributed by atoms with E-state index in [1.54, 1.807) is 0 Å². The molecule has 0 fully saturated rings. The van der Waals surface area contributed by atoms with Crippen LogP contribution >= 0.6 is 11.6 Å². The molecule has 0 unspecified atom stereocenters. The Bertz CT molecular complexity index is 368. The molecule has 0 bridgehead atoms. The van der Waals surface area contributed by atoms with E-state index in [0.717, 1.165) is 12.1 Å². The smallest absolute Gasteiger partial charge is 0.341 e. The largest absolute Gasteiger partial charge is 0.479 e. The Labute approximate surface area is 82.9 Å². The van der Waals surface area contributed by atoms with E-state index in [-0.39, 0.29) is 5.02 Å². The van der Waals surface area contributed by atoms with Gasteiger partial charge in [0.15, 0.2) is 24.0 Å². The van der Waals surface area contributed by atoms with E-state index >= 15 is 0 Å². The molecule has 0 saturated carbocycles. The summed E-state index contributed by atoms with van der Waals surface area (Å²) in [6.45, 7) is -0.825. The molecule has 6 heteroatoms. The second-order valence-electron chi connectivity index (χ2n) is 2.35. The van der Waals surface area contributed by atoms with Crippen LogP contribution in [0.2, 0.25) is 5.02 Å². The minimum absolute atomic E-state index is 0.327. The number of carbonyl (C=O) groups is 1. The van der Waals surface area contributed by atoms with Crippen LogP contribution in [0.25, 0.3) is 0 Å². The van der Waals surface area contributed by atoms with Gasteiger partial charge in [-0.2, -0.15) is 0 Å². The lowest BCUT2D eigenvalue weighted by Gasteiger charge is -2.06. The van der Waals surface area contributed by atoms with Crippen molar-refractivity contribution in [2.75, 3.05) is 6.61 Å². The summed E-state index contributed by atoms with van der Waals surface area (Å²) in [5.74, 6) is -4.20. The van der Waals surface area contributed by atoms with Crippen molar-refractivity contribution in [2.45, 2.75) is 0 Å². The lowest BCUT2D eigenvalue weighted by Crippen LogP contribution is -2.11. The number of carboxylic acid groups (broad SMARTS) is 1. The van der Waals surface area contributed by atoms with Gasteiger partial charge in [0.05, 0.1) is 5.02 Å². The molecule has 0 aliphatic heterocycles. The third-order valence-corrected chi connectivity index (χ3v) is 1.63. The summed E-state index contributed by atoms with van der Waals surface area (Å²) in [4.78, 5) is 10.1. The molecule has 0 spiro atoms. The third kappa shape index (κ3) is 2.32. The minimum atomic E-state index is -1.33. The predicted molar refractivity (Wildman–Crippen MR) is 44.5 cm³/mol. The molecule has 1 aromatic carbocycles. The van der Waals surface area contributed by atoms with Gasteiger partial charge in [0, 0.05) is 0 Å². The van der Waals surface area contributed by atoms with Crippen molar-refractivity contribution in [1.82, 2.24) is 0 Å². The Balaban J connectivity index is 2.95. The predicted octanol–water partition coefficient (Wildman–Crippen LogP) is 2.08. The molecule has 1 rings (SSSR count). The van der Waals surface area contributed by atoms with E-state index in [1.807, 2.05) is 0 Å². The molecular formula is C8H5ClF2O3. The highest BCUT2D eigenvalue weighted by molar-refractivity contribution is 6.30. The van der Waals surface area contributed by atoms with Crippen LogP contribution in [-0.2, 0) is 4.79 Å². The van der Waals surface area contributed by atoms with Crippen molar-refractivity contribution < 1.29 is 23.4 Å². The first-order valence-corrected chi connectivity index (χ1v) is 3.88. The molecule has 0 amide bonds. The normalized spacial score (nSPS) is 9.93. The van der Waals surface area contributed by atoms with Crippen LogP contribution in [0.4, 0.5) is 8.78 Å². The molecule has 0 saturated heterocycles. The van der Waals surface area contributed by atoms with Crippen LogP contribution in [0.15, 0.2) is 12.1 Å². The maximum Gasteiger partial charge on any atom is 0.341 e. The first kappa shape index (κ1) is 10.7. The van der Waals surface area contributed by atoms with Gasteiger partial charge in [0.25, 0.3) is 0 Å². The van der Waals surface area contributed by atoms with Gasteiger partial charge in [-0.3, -0.25) is 0 Å². The van der Waals surface area contributed by atoms with Crippen molar-refractivity contribution >= 4 is 17.6 Å². The number of aliphatic carboxylic acids is 1. The summed E-state index contributed by atoms with van der Waals surface area (Å²) in [5, 5.41) is 7.90. The minimum Gasteiger partial charge on any atom is -0.479 e. The molecule has 0 atom stereocenters. The molecule has 0 radical (unpaired) electrons. The van der Waals surface area contributed by atoms with Gasteiger partial charge < -0.3 is 9.84 Å². The third-order valence-electron chi connectivity index (χ3n) is 1.34. The Morgan fingerprint density at radius 2 is 2.14 bits per heavy atom. The van der Waals surface area contributed by atoms with Crippen LogP contribution in [0, 0.1) is 11.6 Å². The number of benzene rings is 1. The fraction of sp³-hybridized carbons (Fsp3) is 0.125. The highest BCUT2D eigenvalue weighted by Crippen LogP contribution is 2.27. The average Bonchev–Trinajstić information content (AvgIpc) is 2.11. The molecular weight excluding hydrogens is 218 g/mol. The average molecular weight is 223 g/mol. The Kier molecular flexibility index (Phi) is 3.24. The lowest BCUT2D eigenvalue weighted by molar-refractivity contribution is -0.139. The van der Waals surface area contributed by atoms with Crippen LogP contribution in [0.5, 0.6) is 5.75 Å². The molecule has 1 N–H and O–H groups in total. The number of ether oxygens (including phenoxy) is 1. The van der Waals surface area contributed by atoms with Crippen molar-refractivity contribution in [1.29, 1.82) is 0 Å². The lowest BCUT2D eigenvalue weighted by atomic mass is 10.3. The summed E-state index contributed by atoms with van der Waals surface area (Å²) < 4.78 is 30.3. The number of rotatable bonds is 3. The van der Waals surface area contributed by atoms with E-state index in [0.29, 0.717) is 0 Å². The van der Waals surface area contributed by atoms with Crippen LogP contribution in [-0.4, -0.2) is 17.7 Å². The van der Waals surface area contributed by atoms with Crippen molar-refractivity contribution in [3.63, 3.8) is 0 Å². The molecule has 14 heavy (non-hydrogen) atoms. The second kappa shape index (κ2) is 4.23. The quantitative estimate of drug-likeness (QED) is 0.797. The fourth-order valence-corrected chi connectivity index (χ4v) is 0.924. The van der Waals surface area contributed by atoms with Gasteiger partial charge >= 0.3 is 5.97 Å². The molecule has 3 nitrogen and oxygen atoms in total. The van der Waals surface area contributed by atoms with Crippen LogP contribution < -0.4 is 4.74 Å². The van der Waals surface area contributed by atoms with E-state index < -0.39 is 30.0 Å². The van der Waals surface area contributed by atoms with Crippen LogP contribution in [0.3, 0.4) is 0 Å². The van der Waals surface area contributed by atoms with Gasteiger partial charge in [-0.05, 0) is 12.1 Å². The maximum absolute atomic E-state index is 13.0. The Morgan fingerprint density at radius 1 is 1.50 bits per heavy atom. The van der Waals surface area contributed by atoms with Crippen molar-refractivity contribution in [2.24, 2.45) is 0 Å². The Morgan fingerprint density at radius 3 is 2.71 bits per heavy atom. The number of halogens is 3. The van der Waals surface area contributed by atoms with Crippen LogP contribution in [0.1, 0.15) is 0 Å². The SMILES string of the molecule is O=C(O)COc1c(F)ccc(Cl)c1F. The zero-order chi connectivity index (χ0) is 10.7. The second-order valence-corrected chi connectivity index (χ2v) is 2.76. The molecule has 1 aromatic rings. The molecule has 0 heterocycles. The first-order valence-electron chi connectivity index (χ1n) is 3.50. The molecule has 0 aromatic heterocycles. The number of hydrogen-bond donors (Lipinski definition) is 1. The highest BCUT2D eigenvalue weighted by Gasteiger charge is 2.14. The highest BCUT2D eigenvalue weighted by atomic mass is 35.5. The molecule has 0 aliphatic carbocycles. The first-order chi connectivity index (χ1) is 6.52. The zero-order valence-corrected chi connectivity index (χ0v) is 7.52. The standard InChI is InChI=1S/C8H5ClF2O3/c9-4-1-2-5(10)8(7(4)11)14-3-6(12)13/h1-2H,3H2,(H,12,13). The Hall–Kier alpha value is -1.36. The molecule has 0 aliphatic rings. The summed E-state index contributed by atoms with van der Waals surface area (Å²) in [6.07, 6.45) is 0. The summed E-state index contributed by atoms with van der Waals surface area (Å²) >= 11 is 5.33. The maximum atomic E-state index is 13.0. The van der Waals surface area contributed by atoms with Crippen molar-refractivity contribution in [3.05, 3.63) is 28.8 Å². The van der Waals surface area contributed by atoms with Gasteiger partial charge in [0.2, 0.25) is 0 Å². The number of carboxylic acids is 1.